The van der Waals surface area contributed by atoms with Crippen molar-refractivity contribution < 1.29 is 4.21 Å². The third kappa shape index (κ3) is 3.76. The molecule has 0 fully saturated rings. The van der Waals surface area contributed by atoms with Crippen molar-refractivity contribution in [2.24, 2.45) is 0 Å². The van der Waals surface area contributed by atoms with Crippen LogP contribution in [-0.4, -0.2) is 23.6 Å². The predicted molar refractivity (Wildman–Crippen MR) is 65.7 cm³/mol. The molecule has 0 saturated carbocycles. The van der Waals surface area contributed by atoms with Crippen LogP contribution in [0.2, 0.25) is 0 Å². The van der Waals surface area contributed by atoms with Gasteiger partial charge in [0.15, 0.2) is 0 Å². The first-order valence-electron chi connectivity index (χ1n) is 5.25. The van der Waals surface area contributed by atoms with Crippen LogP contribution in [0.5, 0.6) is 0 Å². The van der Waals surface area contributed by atoms with E-state index in [0.29, 0.717) is 0 Å². The first kappa shape index (κ1) is 12.4. The second-order valence-corrected chi connectivity index (χ2v) is 5.31. The van der Waals surface area contributed by atoms with E-state index in [0.717, 1.165) is 29.2 Å². The molecule has 0 saturated heterocycles. The highest BCUT2D eigenvalue weighted by atomic mass is 32.2. The average molecular weight is 225 g/mol. The second kappa shape index (κ2) is 6.03. The van der Waals surface area contributed by atoms with Crippen LogP contribution >= 0.6 is 0 Å². The van der Waals surface area contributed by atoms with Crippen LogP contribution < -0.4 is 5.32 Å². The van der Waals surface area contributed by atoms with Crippen molar-refractivity contribution in [1.29, 1.82) is 0 Å². The molecule has 1 aromatic carbocycles. The van der Waals surface area contributed by atoms with Gasteiger partial charge in [0.2, 0.25) is 0 Å². The Kier molecular flexibility index (Phi) is 4.99. The van der Waals surface area contributed by atoms with Gasteiger partial charge in [-0.05, 0) is 45.5 Å². The molecule has 2 nitrogen and oxygen atoms in total. The van der Waals surface area contributed by atoms with Gasteiger partial charge >= 0.3 is 0 Å². The van der Waals surface area contributed by atoms with Gasteiger partial charge in [0.25, 0.3) is 0 Å². The molecule has 1 aromatic rings. The summed E-state index contributed by atoms with van der Waals surface area (Å²) >= 11 is 0. The molecule has 0 aliphatic rings. The Morgan fingerprint density at radius 3 is 2.67 bits per heavy atom. The molecule has 3 heteroatoms. The van der Waals surface area contributed by atoms with Crippen LogP contribution in [0.15, 0.2) is 23.1 Å². The fraction of sp³-hybridized carbons (Fsp3) is 0.500. The maximum Gasteiger partial charge on any atom is 0.0532 e. The highest BCUT2D eigenvalue weighted by Crippen LogP contribution is 2.15. The van der Waals surface area contributed by atoms with Crippen molar-refractivity contribution in [3.05, 3.63) is 29.3 Å². The molecule has 0 aliphatic carbocycles. The van der Waals surface area contributed by atoms with E-state index in [-0.39, 0.29) is 0 Å². The minimum Gasteiger partial charge on any atom is -0.320 e. The summed E-state index contributed by atoms with van der Waals surface area (Å²) in [6.07, 6.45) is 0.955. The van der Waals surface area contributed by atoms with E-state index in [1.54, 1.807) is 0 Å². The van der Waals surface area contributed by atoms with Crippen molar-refractivity contribution in [2.45, 2.75) is 25.2 Å². The Balaban J connectivity index is 2.65. The third-order valence-electron chi connectivity index (χ3n) is 2.33. The van der Waals surface area contributed by atoms with Gasteiger partial charge in [0.05, 0.1) is 10.8 Å². The minimum atomic E-state index is -0.845. The number of hydrogen-bond donors (Lipinski definition) is 1. The molecule has 1 N–H and O–H groups in total. The Morgan fingerprint density at radius 2 is 2.07 bits per heavy atom. The summed E-state index contributed by atoms with van der Waals surface area (Å²) in [4.78, 5) is 0.983. The molecule has 1 atom stereocenters. The van der Waals surface area contributed by atoms with Gasteiger partial charge in [-0.3, -0.25) is 4.21 Å². The van der Waals surface area contributed by atoms with Gasteiger partial charge in [0, 0.05) is 10.6 Å². The van der Waals surface area contributed by atoms with E-state index < -0.39 is 10.8 Å². The first-order valence-corrected chi connectivity index (χ1v) is 6.57. The van der Waals surface area contributed by atoms with Gasteiger partial charge in [0.1, 0.15) is 0 Å². The predicted octanol–water partition coefficient (Wildman–Crippen LogP) is 2.02. The lowest BCUT2D eigenvalue weighted by Crippen LogP contribution is -2.11. The maximum absolute atomic E-state index is 11.9. The van der Waals surface area contributed by atoms with E-state index in [2.05, 4.69) is 18.3 Å². The summed E-state index contributed by atoms with van der Waals surface area (Å²) < 4.78 is 11.9. The summed E-state index contributed by atoms with van der Waals surface area (Å²) in [6.45, 7) is 5.01. The smallest absolute Gasteiger partial charge is 0.0532 e. The summed E-state index contributed by atoms with van der Waals surface area (Å²) in [6, 6.07) is 6.10. The maximum atomic E-state index is 11.9. The fourth-order valence-corrected chi connectivity index (χ4v) is 2.81. The van der Waals surface area contributed by atoms with Gasteiger partial charge in [-0.15, -0.1) is 0 Å². The van der Waals surface area contributed by atoms with Crippen LogP contribution in [0.4, 0.5) is 0 Å². The Bertz CT molecular complexity index is 349. The van der Waals surface area contributed by atoms with Gasteiger partial charge in [-0.1, -0.05) is 17.7 Å². The molecule has 84 valence electrons. The second-order valence-electron chi connectivity index (χ2n) is 3.78. The molecule has 0 bridgehead atoms. The molecule has 0 radical (unpaired) electrons. The number of nitrogens with one attached hydrogen (secondary N) is 1. The zero-order valence-electron chi connectivity index (χ0n) is 9.67. The largest absolute Gasteiger partial charge is 0.320 e. The highest BCUT2D eigenvalue weighted by Gasteiger charge is 2.06. The summed E-state index contributed by atoms with van der Waals surface area (Å²) in [5, 5.41) is 3.06. The molecule has 0 amide bonds. The number of aryl methyl sites for hydroxylation is 2. The Morgan fingerprint density at radius 1 is 1.33 bits per heavy atom. The van der Waals surface area contributed by atoms with Crippen LogP contribution in [0.3, 0.4) is 0 Å². The van der Waals surface area contributed by atoms with E-state index in [4.69, 9.17) is 0 Å². The van der Waals surface area contributed by atoms with Crippen LogP contribution in [0, 0.1) is 13.8 Å². The first-order chi connectivity index (χ1) is 7.15. The van der Waals surface area contributed by atoms with Crippen molar-refractivity contribution in [3.63, 3.8) is 0 Å². The SMILES string of the molecule is CNCCCS(=O)c1ccc(C)cc1C. The summed E-state index contributed by atoms with van der Waals surface area (Å²) in [7, 11) is 1.07. The van der Waals surface area contributed by atoms with E-state index in [1.165, 1.54) is 5.56 Å². The van der Waals surface area contributed by atoms with Crippen molar-refractivity contribution in [3.8, 4) is 0 Å². The zero-order chi connectivity index (χ0) is 11.3. The van der Waals surface area contributed by atoms with Gasteiger partial charge < -0.3 is 5.32 Å². The standard InChI is InChI=1S/C12H19NOS/c1-10-5-6-12(11(2)9-10)15(14)8-4-7-13-3/h5-6,9,13H,4,7-8H2,1-3H3. The normalized spacial score (nSPS) is 12.7. The molecular formula is C12H19NOS. The van der Waals surface area contributed by atoms with Crippen LogP contribution in [0.25, 0.3) is 0 Å². The number of rotatable bonds is 5. The molecule has 0 aromatic heterocycles. The van der Waals surface area contributed by atoms with Crippen LogP contribution in [0.1, 0.15) is 17.5 Å². The fourth-order valence-electron chi connectivity index (χ4n) is 1.54. The lowest BCUT2D eigenvalue weighted by molar-refractivity contribution is 0.677. The van der Waals surface area contributed by atoms with Crippen molar-refractivity contribution in [1.82, 2.24) is 5.32 Å². The summed E-state index contributed by atoms with van der Waals surface area (Å²) in [5.74, 6) is 0.741. The molecular weight excluding hydrogens is 206 g/mol. The molecule has 0 heterocycles. The molecule has 1 unspecified atom stereocenters. The van der Waals surface area contributed by atoms with E-state index >= 15 is 0 Å². The number of benzene rings is 1. The quantitative estimate of drug-likeness (QED) is 0.777. The molecule has 15 heavy (non-hydrogen) atoms. The Labute approximate surface area is 94.5 Å². The van der Waals surface area contributed by atoms with Gasteiger partial charge in [-0.25, -0.2) is 0 Å². The number of hydrogen-bond acceptors (Lipinski definition) is 2. The highest BCUT2D eigenvalue weighted by molar-refractivity contribution is 7.85. The zero-order valence-corrected chi connectivity index (χ0v) is 10.5. The van der Waals surface area contributed by atoms with Gasteiger partial charge in [-0.2, -0.15) is 0 Å². The van der Waals surface area contributed by atoms with E-state index in [9.17, 15) is 4.21 Å². The van der Waals surface area contributed by atoms with Crippen LogP contribution in [-0.2, 0) is 10.8 Å². The van der Waals surface area contributed by atoms with Crippen molar-refractivity contribution in [2.75, 3.05) is 19.3 Å². The minimum absolute atomic E-state index is 0.741. The molecule has 0 spiro atoms. The third-order valence-corrected chi connectivity index (χ3v) is 3.94. The molecule has 0 aliphatic heterocycles. The average Bonchev–Trinajstić information content (AvgIpc) is 2.17. The van der Waals surface area contributed by atoms with E-state index in [1.807, 2.05) is 26.1 Å². The lowest BCUT2D eigenvalue weighted by atomic mass is 10.2. The summed E-state index contributed by atoms with van der Waals surface area (Å²) in [5.41, 5.74) is 2.36. The topological polar surface area (TPSA) is 29.1 Å². The Hall–Kier alpha value is -0.670. The lowest BCUT2D eigenvalue weighted by Gasteiger charge is -2.06. The van der Waals surface area contributed by atoms with Crippen molar-refractivity contribution >= 4 is 10.8 Å². The monoisotopic (exact) mass is 225 g/mol. The molecule has 1 rings (SSSR count).